The number of hydrogen-bond acceptors (Lipinski definition) is 3. The predicted octanol–water partition coefficient (Wildman–Crippen LogP) is 2.70. The summed E-state index contributed by atoms with van der Waals surface area (Å²) >= 11 is 1.54. The lowest BCUT2D eigenvalue weighted by molar-refractivity contribution is 0.196. The molecule has 0 aliphatic heterocycles. The molecule has 0 aliphatic rings. The SMILES string of the molecule is CC(O)C(C)SCc1cc(F)cc(C#N)c1. The number of hydrogen-bond donors (Lipinski definition) is 1. The molecule has 0 aliphatic carbocycles. The van der Waals surface area contributed by atoms with Gasteiger partial charge < -0.3 is 5.11 Å². The topological polar surface area (TPSA) is 44.0 Å². The Morgan fingerprint density at radius 1 is 1.44 bits per heavy atom. The average molecular weight is 239 g/mol. The lowest BCUT2D eigenvalue weighted by Gasteiger charge is -2.13. The molecule has 16 heavy (non-hydrogen) atoms. The van der Waals surface area contributed by atoms with Gasteiger partial charge in [0.05, 0.1) is 17.7 Å². The second-order valence-electron chi connectivity index (χ2n) is 3.72. The van der Waals surface area contributed by atoms with Crippen LogP contribution in [0, 0.1) is 17.1 Å². The second-order valence-corrected chi connectivity index (χ2v) is 5.08. The summed E-state index contributed by atoms with van der Waals surface area (Å²) in [4.78, 5) is 0. The lowest BCUT2D eigenvalue weighted by Crippen LogP contribution is -2.15. The molecule has 0 heterocycles. The van der Waals surface area contributed by atoms with Crippen LogP contribution in [-0.4, -0.2) is 16.5 Å². The van der Waals surface area contributed by atoms with Crippen molar-refractivity contribution < 1.29 is 9.50 Å². The van der Waals surface area contributed by atoms with E-state index in [-0.39, 0.29) is 11.1 Å². The highest BCUT2D eigenvalue weighted by Gasteiger charge is 2.09. The van der Waals surface area contributed by atoms with Gasteiger partial charge in [0.25, 0.3) is 0 Å². The number of aliphatic hydroxyl groups is 1. The smallest absolute Gasteiger partial charge is 0.124 e. The van der Waals surface area contributed by atoms with Crippen LogP contribution in [0.2, 0.25) is 0 Å². The molecule has 0 saturated carbocycles. The van der Waals surface area contributed by atoms with E-state index in [1.807, 2.05) is 13.0 Å². The highest BCUT2D eigenvalue weighted by atomic mass is 32.2. The van der Waals surface area contributed by atoms with Gasteiger partial charge >= 0.3 is 0 Å². The fraction of sp³-hybridized carbons (Fsp3) is 0.417. The Hall–Kier alpha value is -1.05. The van der Waals surface area contributed by atoms with E-state index in [4.69, 9.17) is 5.26 Å². The number of rotatable bonds is 4. The summed E-state index contributed by atoms with van der Waals surface area (Å²) in [7, 11) is 0. The number of halogens is 1. The normalized spacial score (nSPS) is 14.2. The minimum Gasteiger partial charge on any atom is -0.392 e. The number of benzene rings is 1. The van der Waals surface area contributed by atoms with Gasteiger partial charge in [-0.2, -0.15) is 17.0 Å². The Morgan fingerprint density at radius 3 is 2.69 bits per heavy atom. The van der Waals surface area contributed by atoms with Gasteiger partial charge in [-0.3, -0.25) is 0 Å². The van der Waals surface area contributed by atoms with Crippen LogP contribution < -0.4 is 0 Å². The van der Waals surface area contributed by atoms with Gasteiger partial charge in [-0.1, -0.05) is 6.92 Å². The molecule has 86 valence electrons. The van der Waals surface area contributed by atoms with E-state index < -0.39 is 6.10 Å². The first-order valence-corrected chi connectivity index (χ1v) is 6.07. The van der Waals surface area contributed by atoms with Crippen molar-refractivity contribution in [2.45, 2.75) is 31.0 Å². The number of nitrogens with zero attached hydrogens (tertiary/aromatic N) is 1. The maximum Gasteiger partial charge on any atom is 0.124 e. The van der Waals surface area contributed by atoms with Gasteiger partial charge in [-0.05, 0) is 30.7 Å². The fourth-order valence-electron chi connectivity index (χ4n) is 1.17. The van der Waals surface area contributed by atoms with Crippen LogP contribution in [0.1, 0.15) is 25.0 Å². The van der Waals surface area contributed by atoms with E-state index in [0.717, 1.165) is 5.56 Å². The van der Waals surface area contributed by atoms with E-state index in [1.165, 1.54) is 23.9 Å². The molecule has 4 heteroatoms. The Kier molecular flexibility index (Phi) is 4.78. The van der Waals surface area contributed by atoms with Crippen molar-refractivity contribution >= 4 is 11.8 Å². The molecule has 0 aromatic heterocycles. The summed E-state index contributed by atoms with van der Waals surface area (Å²) in [6, 6.07) is 6.23. The third-order valence-electron chi connectivity index (χ3n) is 2.28. The Balaban J connectivity index is 2.68. The molecule has 2 atom stereocenters. The zero-order chi connectivity index (χ0) is 12.1. The first kappa shape index (κ1) is 13.0. The van der Waals surface area contributed by atoms with Crippen molar-refractivity contribution in [1.29, 1.82) is 5.26 Å². The summed E-state index contributed by atoms with van der Waals surface area (Å²) in [5.41, 5.74) is 1.11. The van der Waals surface area contributed by atoms with Crippen LogP contribution in [-0.2, 0) is 5.75 Å². The van der Waals surface area contributed by atoms with Crippen molar-refractivity contribution in [3.05, 3.63) is 35.1 Å². The van der Waals surface area contributed by atoms with Crippen LogP contribution in [0.25, 0.3) is 0 Å². The molecule has 0 amide bonds. The molecule has 0 spiro atoms. The summed E-state index contributed by atoms with van der Waals surface area (Å²) in [6.45, 7) is 3.64. The average Bonchev–Trinajstić information content (AvgIpc) is 2.24. The molecular formula is C12H14FNOS. The predicted molar refractivity (Wildman–Crippen MR) is 63.6 cm³/mol. The van der Waals surface area contributed by atoms with Crippen molar-refractivity contribution in [2.75, 3.05) is 0 Å². The van der Waals surface area contributed by atoms with Crippen LogP contribution >= 0.6 is 11.8 Å². The summed E-state index contributed by atoms with van der Waals surface area (Å²) in [6.07, 6.45) is -0.394. The zero-order valence-electron chi connectivity index (χ0n) is 9.27. The van der Waals surface area contributed by atoms with Crippen LogP contribution in [0.3, 0.4) is 0 Å². The third-order valence-corrected chi connectivity index (χ3v) is 3.70. The molecule has 0 saturated heterocycles. The van der Waals surface area contributed by atoms with Crippen molar-refractivity contribution in [3.8, 4) is 6.07 Å². The summed E-state index contributed by atoms with van der Waals surface area (Å²) in [5.74, 6) is 0.206. The minimum atomic E-state index is -0.394. The van der Waals surface area contributed by atoms with Gasteiger partial charge in [-0.15, -0.1) is 0 Å². The maximum absolute atomic E-state index is 13.1. The molecule has 1 rings (SSSR count). The lowest BCUT2D eigenvalue weighted by atomic mass is 10.1. The van der Waals surface area contributed by atoms with Crippen molar-refractivity contribution in [1.82, 2.24) is 0 Å². The molecule has 1 N–H and O–H groups in total. The quantitative estimate of drug-likeness (QED) is 0.878. The molecule has 2 unspecified atom stereocenters. The largest absolute Gasteiger partial charge is 0.392 e. The van der Waals surface area contributed by atoms with Gasteiger partial charge in [-0.25, -0.2) is 4.39 Å². The molecular weight excluding hydrogens is 225 g/mol. The molecule has 0 fully saturated rings. The minimum absolute atomic E-state index is 0.0915. The monoisotopic (exact) mass is 239 g/mol. The number of aliphatic hydroxyl groups excluding tert-OH is 1. The molecule has 0 bridgehead atoms. The van der Waals surface area contributed by atoms with E-state index in [0.29, 0.717) is 11.3 Å². The second kappa shape index (κ2) is 5.88. The van der Waals surface area contributed by atoms with E-state index >= 15 is 0 Å². The molecule has 2 nitrogen and oxygen atoms in total. The fourth-order valence-corrected chi connectivity index (χ4v) is 2.07. The molecule has 1 aromatic rings. The standard InChI is InChI=1S/C12H14FNOS/c1-8(15)9(2)16-7-11-3-10(6-14)4-12(13)5-11/h3-5,8-9,15H,7H2,1-2H3. The van der Waals surface area contributed by atoms with Crippen molar-refractivity contribution in [2.24, 2.45) is 0 Å². The summed E-state index contributed by atoms with van der Waals surface area (Å²) in [5, 5.41) is 18.1. The Morgan fingerprint density at radius 2 is 2.12 bits per heavy atom. The summed E-state index contributed by atoms with van der Waals surface area (Å²) < 4.78 is 13.1. The van der Waals surface area contributed by atoms with Gasteiger partial charge in [0.2, 0.25) is 0 Å². The van der Waals surface area contributed by atoms with E-state index in [9.17, 15) is 9.50 Å². The van der Waals surface area contributed by atoms with Crippen LogP contribution in [0.15, 0.2) is 18.2 Å². The molecule has 1 aromatic carbocycles. The van der Waals surface area contributed by atoms with Crippen molar-refractivity contribution in [3.63, 3.8) is 0 Å². The maximum atomic E-state index is 13.1. The van der Waals surface area contributed by atoms with E-state index in [1.54, 1.807) is 13.0 Å². The highest BCUT2D eigenvalue weighted by Crippen LogP contribution is 2.21. The van der Waals surface area contributed by atoms with E-state index in [2.05, 4.69) is 0 Å². The molecule has 0 radical (unpaired) electrons. The zero-order valence-corrected chi connectivity index (χ0v) is 10.1. The van der Waals surface area contributed by atoms with Gasteiger partial charge in [0.1, 0.15) is 5.82 Å². The van der Waals surface area contributed by atoms with Gasteiger partial charge in [0.15, 0.2) is 0 Å². The van der Waals surface area contributed by atoms with Crippen LogP contribution in [0.4, 0.5) is 4.39 Å². The highest BCUT2D eigenvalue weighted by molar-refractivity contribution is 7.99. The van der Waals surface area contributed by atoms with Crippen LogP contribution in [0.5, 0.6) is 0 Å². The Labute approximate surface area is 99.1 Å². The first-order chi connectivity index (χ1) is 7.52. The number of thioether (sulfide) groups is 1. The Bertz CT molecular complexity index is 400. The number of nitriles is 1. The van der Waals surface area contributed by atoms with Gasteiger partial charge in [0, 0.05) is 11.0 Å². The third kappa shape index (κ3) is 3.84. The first-order valence-electron chi connectivity index (χ1n) is 5.02.